The smallest absolute Gasteiger partial charge is 0.410 e. The summed E-state index contributed by atoms with van der Waals surface area (Å²) >= 11 is 0. The first-order chi connectivity index (χ1) is 10.3. The number of aliphatic hydroxyl groups excluding tert-OH is 1. The quantitative estimate of drug-likeness (QED) is 0.842. The van der Waals surface area contributed by atoms with Crippen molar-refractivity contribution < 1.29 is 14.6 Å². The number of nitrogens with zero attached hydrogens (tertiary/aromatic N) is 3. The van der Waals surface area contributed by atoms with Gasteiger partial charge < -0.3 is 14.7 Å². The monoisotopic (exact) mass is 313 g/mol. The summed E-state index contributed by atoms with van der Waals surface area (Å²) in [6, 6.07) is 0. The van der Waals surface area contributed by atoms with E-state index in [1.807, 2.05) is 20.8 Å². The number of ether oxygens (including phenoxy) is 1. The number of amides is 1. The molecule has 0 aliphatic carbocycles. The number of piperidine rings is 1. The molecular formula is C16H31N3O3. The van der Waals surface area contributed by atoms with Gasteiger partial charge in [0.2, 0.25) is 0 Å². The van der Waals surface area contributed by atoms with E-state index < -0.39 is 5.60 Å². The molecule has 2 rings (SSSR count). The number of aliphatic hydroxyl groups is 1. The maximum Gasteiger partial charge on any atom is 0.410 e. The van der Waals surface area contributed by atoms with Crippen LogP contribution in [0.4, 0.5) is 4.79 Å². The molecule has 6 heteroatoms. The molecule has 1 unspecified atom stereocenters. The Morgan fingerprint density at radius 3 is 2.32 bits per heavy atom. The van der Waals surface area contributed by atoms with Gasteiger partial charge in [0.05, 0.1) is 6.10 Å². The van der Waals surface area contributed by atoms with Gasteiger partial charge in [0.25, 0.3) is 0 Å². The Balaban J connectivity index is 1.65. The lowest BCUT2D eigenvalue weighted by atomic mass is 10.1. The third kappa shape index (κ3) is 5.74. The fourth-order valence-electron chi connectivity index (χ4n) is 3.00. The molecule has 1 N–H and O–H groups in total. The van der Waals surface area contributed by atoms with Gasteiger partial charge in [-0.2, -0.15) is 0 Å². The van der Waals surface area contributed by atoms with Crippen molar-refractivity contribution >= 4 is 6.09 Å². The average Bonchev–Trinajstić information content (AvgIpc) is 2.44. The summed E-state index contributed by atoms with van der Waals surface area (Å²) in [5, 5.41) is 9.69. The second kappa shape index (κ2) is 7.62. The van der Waals surface area contributed by atoms with E-state index >= 15 is 0 Å². The molecule has 0 aromatic heterocycles. The van der Waals surface area contributed by atoms with Gasteiger partial charge >= 0.3 is 6.09 Å². The SMILES string of the molecule is CC(C)(C)OC(=O)N1CCN(CCN2CCCC(O)C2)CC1. The zero-order valence-corrected chi connectivity index (χ0v) is 14.3. The van der Waals surface area contributed by atoms with Gasteiger partial charge in [0, 0.05) is 45.8 Å². The topological polar surface area (TPSA) is 56.2 Å². The molecule has 0 saturated carbocycles. The molecule has 2 aliphatic heterocycles. The van der Waals surface area contributed by atoms with Crippen LogP contribution in [0.25, 0.3) is 0 Å². The molecule has 22 heavy (non-hydrogen) atoms. The minimum absolute atomic E-state index is 0.155. The van der Waals surface area contributed by atoms with E-state index in [0.29, 0.717) is 0 Å². The zero-order chi connectivity index (χ0) is 16.2. The first kappa shape index (κ1) is 17.5. The van der Waals surface area contributed by atoms with Crippen LogP contribution >= 0.6 is 0 Å². The normalized spacial score (nSPS) is 25.3. The summed E-state index contributed by atoms with van der Waals surface area (Å²) in [7, 11) is 0. The van der Waals surface area contributed by atoms with Gasteiger partial charge in [-0.1, -0.05) is 0 Å². The average molecular weight is 313 g/mol. The lowest BCUT2D eigenvalue weighted by Gasteiger charge is -2.37. The number of rotatable bonds is 3. The Bertz CT molecular complexity index is 362. The Labute approximate surface area is 134 Å². The van der Waals surface area contributed by atoms with Crippen LogP contribution in [0, 0.1) is 0 Å². The first-order valence-corrected chi connectivity index (χ1v) is 8.44. The number of hydrogen-bond acceptors (Lipinski definition) is 5. The van der Waals surface area contributed by atoms with Crippen molar-refractivity contribution in [3.8, 4) is 0 Å². The standard InChI is InChI=1S/C16H31N3O3/c1-16(2,3)22-15(21)19-11-9-17(10-12-19)7-8-18-6-4-5-14(20)13-18/h14,20H,4-13H2,1-3H3. The number of carbonyl (C=O) groups excluding carboxylic acids is 1. The summed E-state index contributed by atoms with van der Waals surface area (Å²) in [5.74, 6) is 0. The van der Waals surface area contributed by atoms with Crippen LogP contribution in [0.3, 0.4) is 0 Å². The maximum atomic E-state index is 12.0. The molecule has 1 atom stereocenters. The molecule has 0 bridgehead atoms. The molecule has 0 radical (unpaired) electrons. The van der Waals surface area contributed by atoms with Crippen LogP contribution in [0.1, 0.15) is 33.6 Å². The van der Waals surface area contributed by atoms with Crippen LogP contribution in [0.5, 0.6) is 0 Å². The number of β-amino-alcohol motifs (C(OH)–C–C–N with tert-alkyl or cyclic N) is 1. The van der Waals surface area contributed by atoms with Crippen molar-refractivity contribution in [1.29, 1.82) is 0 Å². The van der Waals surface area contributed by atoms with Gasteiger partial charge in [0.1, 0.15) is 5.60 Å². The molecule has 2 saturated heterocycles. The van der Waals surface area contributed by atoms with Gasteiger partial charge in [-0.05, 0) is 40.2 Å². The molecule has 6 nitrogen and oxygen atoms in total. The van der Waals surface area contributed by atoms with Gasteiger partial charge in [0.15, 0.2) is 0 Å². The second-order valence-electron chi connectivity index (χ2n) is 7.41. The van der Waals surface area contributed by atoms with Crippen molar-refractivity contribution in [3.05, 3.63) is 0 Å². The minimum atomic E-state index is -0.427. The van der Waals surface area contributed by atoms with Gasteiger partial charge in [-0.15, -0.1) is 0 Å². The Kier molecular flexibility index (Phi) is 6.06. The summed E-state index contributed by atoms with van der Waals surface area (Å²) < 4.78 is 5.41. The zero-order valence-electron chi connectivity index (χ0n) is 14.3. The summed E-state index contributed by atoms with van der Waals surface area (Å²) in [4.78, 5) is 18.5. The third-order valence-electron chi connectivity index (χ3n) is 4.24. The number of piperazine rings is 1. The lowest BCUT2D eigenvalue weighted by Crippen LogP contribution is -2.51. The number of carbonyl (C=O) groups is 1. The van der Waals surface area contributed by atoms with E-state index in [-0.39, 0.29) is 12.2 Å². The van der Waals surface area contributed by atoms with Crippen LogP contribution in [-0.4, -0.2) is 90.0 Å². The van der Waals surface area contributed by atoms with Crippen molar-refractivity contribution in [2.24, 2.45) is 0 Å². The van der Waals surface area contributed by atoms with Crippen LogP contribution in [0.2, 0.25) is 0 Å². The van der Waals surface area contributed by atoms with E-state index in [1.54, 1.807) is 4.90 Å². The molecule has 0 spiro atoms. The number of hydrogen-bond donors (Lipinski definition) is 1. The Morgan fingerprint density at radius 2 is 1.73 bits per heavy atom. The highest BCUT2D eigenvalue weighted by Gasteiger charge is 2.26. The van der Waals surface area contributed by atoms with Crippen LogP contribution in [0.15, 0.2) is 0 Å². The summed E-state index contributed by atoms with van der Waals surface area (Å²) in [6.07, 6.45) is 1.67. The predicted molar refractivity (Wildman–Crippen MR) is 85.9 cm³/mol. The highest BCUT2D eigenvalue weighted by Crippen LogP contribution is 2.13. The maximum absolute atomic E-state index is 12.0. The minimum Gasteiger partial charge on any atom is -0.444 e. The molecule has 2 aliphatic rings. The molecule has 128 valence electrons. The van der Waals surface area contributed by atoms with E-state index in [4.69, 9.17) is 4.74 Å². The van der Waals surface area contributed by atoms with Crippen LogP contribution in [-0.2, 0) is 4.74 Å². The van der Waals surface area contributed by atoms with Crippen molar-refractivity contribution in [2.45, 2.75) is 45.3 Å². The highest BCUT2D eigenvalue weighted by atomic mass is 16.6. The van der Waals surface area contributed by atoms with Crippen molar-refractivity contribution in [3.63, 3.8) is 0 Å². The van der Waals surface area contributed by atoms with Crippen molar-refractivity contribution in [1.82, 2.24) is 14.7 Å². The fraction of sp³-hybridized carbons (Fsp3) is 0.938. The highest BCUT2D eigenvalue weighted by molar-refractivity contribution is 5.68. The number of likely N-dealkylation sites (tertiary alicyclic amines) is 1. The Hall–Kier alpha value is -0.850. The van der Waals surface area contributed by atoms with Crippen LogP contribution < -0.4 is 0 Å². The molecule has 2 fully saturated rings. The summed E-state index contributed by atoms with van der Waals surface area (Å²) in [6.45, 7) is 12.9. The predicted octanol–water partition coefficient (Wildman–Crippen LogP) is 0.996. The van der Waals surface area contributed by atoms with E-state index in [1.165, 1.54) is 0 Å². The molecule has 0 aromatic carbocycles. The van der Waals surface area contributed by atoms with Gasteiger partial charge in [-0.25, -0.2) is 4.79 Å². The van der Waals surface area contributed by atoms with E-state index in [9.17, 15) is 9.90 Å². The molecule has 0 aromatic rings. The van der Waals surface area contributed by atoms with Crippen molar-refractivity contribution in [2.75, 3.05) is 52.4 Å². The molecule has 2 heterocycles. The van der Waals surface area contributed by atoms with E-state index in [2.05, 4.69) is 9.80 Å². The first-order valence-electron chi connectivity index (χ1n) is 8.44. The largest absolute Gasteiger partial charge is 0.444 e. The van der Waals surface area contributed by atoms with Gasteiger partial charge in [-0.3, -0.25) is 9.80 Å². The van der Waals surface area contributed by atoms with E-state index in [0.717, 1.165) is 65.2 Å². The second-order valence-corrected chi connectivity index (χ2v) is 7.41. The third-order valence-corrected chi connectivity index (χ3v) is 4.24. The molecular weight excluding hydrogens is 282 g/mol. The fourth-order valence-corrected chi connectivity index (χ4v) is 3.00. The lowest BCUT2D eigenvalue weighted by molar-refractivity contribution is 0.0124. The molecule has 1 amide bonds. The Morgan fingerprint density at radius 1 is 1.09 bits per heavy atom. The summed E-state index contributed by atoms with van der Waals surface area (Å²) in [5.41, 5.74) is -0.427.